The molecule has 21 heavy (non-hydrogen) atoms. The van der Waals surface area contributed by atoms with Crippen LogP contribution in [0.1, 0.15) is 37.9 Å². The van der Waals surface area contributed by atoms with Gasteiger partial charge in [-0.25, -0.2) is 12.8 Å². The Bertz CT molecular complexity index is 559. The highest BCUT2D eigenvalue weighted by Gasteiger charge is 2.26. The summed E-state index contributed by atoms with van der Waals surface area (Å²) < 4.78 is 36.0. The van der Waals surface area contributed by atoms with Crippen LogP contribution in [0.4, 0.5) is 4.39 Å². The van der Waals surface area contributed by atoms with E-state index in [0.717, 1.165) is 6.42 Å². The summed E-state index contributed by atoms with van der Waals surface area (Å²) >= 11 is 0. The van der Waals surface area contributed by atoms with Gasteiger partial charge in [0.15, 0.2) is 9.84 Å². The number of aliphatic hydroxyl groups is 1. The molecule has 1 aliphatic rings. The van der Waals surface area contributed by atoms with Crippen molar-refractivity contribution in [3.63, 3.8) is 0 Å². The van der Waals surface area contributed by atoms with E-state index in [1.54, 1.807) is 12.1 Å². The van der Waals surface area contributed by atoms with Gasteiger partial charge in [0, 0.05) is 12.1 Å². The van der Waals surface area contributed by atoms with Crippen LogP contribution in [0.15, 0.2) is 24.3 Å². The Kier molecular flexibility index (Phi) is 5.35. The van der Waals surface area contributed by atoms with Crippen molar-refractivity contribution in [3.05, 3.63) is 35.6 Å². The van der Waals surface area contributed by atoms with E-state index in [9.17, 15) is 17.9 Å². The zero-order valence-corrected chi connectivity index (χ0v) is 12.9. The van der Waals surface area contributed by atoms with Gasteiger partial charge in [-0.15, -0.1) is 0 Å². The molecule has 0 spiro atoms. The molecule has 1 aromatic rings. The molecule has 118 valence electrons. The van der Waals surface area contributed by atoms with Crippen molar-refractivity contribution in [3.8, 4) is 0 Å². The maximum atomic E-state index is 12.8. The van der Waals surface area contributed by atoms with Crippen molar-refractivity contribution < 1.29 is 17.9 Å². The van der Waals surface area contributed by atoms with Gasteiger partial charge >= 0.3 is 0 Å². The summed E-state index contributed by atoms with van der Waals surface area (Å²) in [5, 5.41) is 13.4. The smallest absolute Gasteiger partial charge is 0.151 e. The summed E-state index contributed by atoms with van der Waals surface area (Å²) in [4.78, 5) is 0. The second-order valence-corrected chi connectivity index (χ2v) is 8.05. The normalized spacial score (nSPS) is 24.4. The molecule has 6 heteroatoms. The van der Waals surface area contributed by atoms with Gasteiger partial charge < -0.3 is 10.4 Å². The number of nitrogens with one attached hydrogen (secondary N) is 1. The van der Waals surface area contributed by atoms with Crippen LogP contribution >= 0.6 is 0 Å². The molecule has 4 nitrogen and oxygen atoms in total. The van der Waals surface area contributed by atoms with Crippen molar-refractivity contribution in [1.82, 2.24) is 5.32 Å². The number of hydrogen-bond acceptors (Lipinski definition) is 4. The second-order valence-electron chi connectivity index (χ2n) is 5.82. The van der Waals surface area contributed by atoms with Crippen molar-refractivity contribution in [1.29, 1.82) is 0 Å². The van der Waals surface area contributed by atoms with Crippen LogP contribution in [-0.2, 0) is 9.84 Å². The summed E-state index contributed by atoms with van der Waals surface area (Å²) in [5.41, 5.74) is 0.668. The first-order valence-corrected chi connectivity index (χ1v) is 9.08. The Morgan fingerprint density at radius 1 is 1.38 bits per heavy atom. The minimum Gasteiger partial charge on any atom is -0.388 e. The van der Waals surface area contributed by atoms with Crippen molar-refractivity contribution >= 4 is 9.84 Å². The maximum Gasteiger partial charge on any atom is 0.151 e. The fraction of sp³-hybridized carbons (Fsp3) is 0.600. The minimum atomic E-state index is -2.93. The largest absolute Gasteiger partial charge is 0.388 e. The van der Waals surface area contributed by atoms with E-state index in [0.29, 0.717) is 18.4 Å². The molecule has 0 aliphatic carbocycles. The van der Waals surface area contributed by atoms with Crippen molar-refractivity contribution in [2.45, 2.75) is 44.4 Å². The summed E-state index contributed by atoms with van der Waals surface area (Å²) in [6.07, 6.45) is 1.30. The molecular weight excluding hydrogens is 293 g/mol. The lowest BCUT2D eigenvalue weighted by atomic mass is 10.0. The molecular formula is C15H22FNO3S. The first kappa shape index (κ1) is 16.4. The summed E-state index contributed by atoms with van der Waals surface area (Å²) in [6.45, 7) is 1.92. The molecule has 3 atom stereocenters. The van der Waals surface area contributed by atoms with Gasteiger partial charge in [0.1, 0.15) is 5.82 Å². The second kappa shape index (κ2) is 6.85. The average Bonchev–Trinajstić information content (AvgIpc) is 2.37. The van der Waals surface area contributed by atoms with E-state index in [1.807, 2.05) is 6.92 Å². The molecule has 3 unspecified atom stereocenters. The van der Waals surface area contributed by atoms with Crippen LogP contribution in [0.25, 0.3) is 0 Å². The molecule has 2 N–H and O–H groups in total. The van der Waals surface area contributed by atoms with Crippen LogP contribution in [0, 0.1) is 5.82 Å². The SMILES string of the molecule is CC(CC(O)c1ccc(F)cc1)NC1CCCS(=O)(=O)C1. The Hall–Kier alpha value is -0.980. The number of benzene rings is 1. The fourth-order valence-electron chi connectivity index (χ4n) is 2.78. The van der Waals surface area contributed by atoms with Crippen LogP contribution in [0.2, 0.25) is 0 Å². The van der Waals surface area contributed by atoms with Crippen molar-refractivity contribution in [2.75, 3.05) is 11.5 Å². The molecule has 0 radical (unpaired) electrons. The predicted molar refractivity (Wildman–Crippen MR) is 80.3 cm³/mol. The van der Waals surface area contributed by atoms with Gasteiger partial charge in [0.2, 0.25) is 0 Å². The van der Waals surface area contributed by atoms with Gasteiger partial charge in [-0.2, -0.15) is 0 Å². The molecule has 1 fully saturated rings. The molecule has 1 aromatic carbocycles. The monoisotopic (exact) mass is 315 g/mol. The van der Waals surface area contributed by atoms with Crippen LogP contribution in [0.5, 0.6) is 0 Å². The Morgan fingerprint density at radius 2 is 2.05 bits per heavy atom. The maximum absolute atomic E-state index is 12.8. The van der Waals surface area contributed by atoms with E-state index in [1.165, 1.54) is 12.1 Å². The van der Waals surface area contributed by atoms with Gasteiger partial charge in [-0.05, 0) is 43.9 Å². The number of halogens is 1. The zero-order valence-electron chi connectivity index (χ0n) is 12.1. The summed E-state index contributed by atoms with van der Waals surface area (Å²) in [5.74, 6) is 0.117. The van der Waals surface area contributed by atoms with Gasteiger partial charge in [-0.3, -0.25) is 0 Å². The summed E-state index contributed by atoms with van der Waals surface area (Å²) in [6, 6.07) is 5.73. The molecule has 0 aromatic heterocycles. The molecule has 2 rings (SSSR count). The van der Waals surface area contributed by atoms with Crippen molar-refractivity contribution in [2.24, 2.45) is 0 Å². The molecule has 1 saturated heterocycles. The molecule has 1 heterocycles. The first-order valence-electron chi connectivity index (χ1n) is 7.26. The number of rotatable bonds is 5. The highest BCUT2D eigenvalue weighted by molar-refractivity contribution is 7.91. The zero-order chi connectivity index (χ0) is 15.5. The van der Waals surface area contributed by atoms with E-state index in [4.69, 9.17) is 0 Å². The Labute approximate surface area is 125 Å². The number of hydrogen-bond donors (Lipinski definition) is 2. The molecule has 0 amide bonds. The standard InChI is InChI=1S/C15H22FNO3S/c1-11(17-14-3-2-8-21(19,20)10-14)9-15(18)12-4-6-13(16)7-5-12/h4-7,11,14-15,17-18H,2-3,8-10H2,1H3. The fourth-order valence-corrected chi connectivity index (χ4v) is 4.43. The van der Waals surface area contributed by atoms with E-state index in [2.05, 4.69) is 5.32 Å². The average molecular weight is 315 g/mol. The quantitative estimate of drug-likeness (QED) is 0.869. The van der Waals surface area contributed by atoms with Gasteiger partial charge in [0.25, 0.3) is 0 Å². The summed E-state index contributed by atoms with van der Waals surface area (Å²) in [7, 11) is -2.93. The molecule has 1 aliphatic heterocycles. The van der Waals surface area contributed by atoms with Crippen LogP contribution in [-0.4, -0.2) is 37.1 Å². The van der Waals surface area contributed by atoms with Crippen LogP contribution < -0.4 is 5.32 Å². The van der Waals surface area contributed by atoms with Crippen LogP contribution in [0.3, 0.4) is 0 Å². The van der Waals surface area contributed by atoms with E-state index in [-0.39, 0.29) is 29.4 Å². The third kappa shape index (κ3) is 5.05. The minimum absolute atomic E-state index is 0.0108. The highest BCUT2D eigenvalue weighted by Crippen LogP contribution is 2.20. The first-order chi connectivity index (χ1) is 9.85. The third-order valence-corrected chi connectivity index (χ3v) is 5.64. The lowest BCUT2D eigenvalue weighted by molar-refractivity contribution is 0.151. The van der Waals surface area contributed by atoms with E-state index >= 15 is 0 Å². The third-order valence-electron chi connectivity index (χ3n) is 3.81. The lowest BCUT2D eigenvalue weighted by Crippen LogP contribution is -2.44. The lowest BCUT2D eigenvalue weighted by Gasteiger charge is -2.27. The Morgan fingerprint density at radius 3 is 2.67 bits per heavy atom. The van der Waals surface area contributed by atoms with Gasteiger partial charge in [-0.1, -0.05) is 12.1 Å². The number of sulfone groups is 1. The topological polar surface area (TPSA) is 66.4 Å². The number of aliphatic hydroxyl groups excluding tert-OH is 1. The molecule has 0 saturated carbocycles. The highest BCUT2D eigenvalue weighted by atomic mass is 32.2. The van der Waals surface area contributed by atoms with Gasteiger partial charge in [0.05, 0.1) is 17.6 Å². The molecule has 0 bridgehead atoms. The predicted octanol–water partition coefficient (Wildman–Crippen LogP) is 1.80. The Balaban J connectivity index is 1.86. The van der Waals surface area contributed by atoms with E-state index < -0.39 is 15.9 Å².